The van der Waals surface area contributed by atoms with Gasteiger partial charge in [0, 0.05) is 36.3 Å². The molecule has 0 radical (unpaired) electrons. The number of piperidine rings is 1. The Labute approximate surface area is 243 Å². The second kappa shape index (κ2) is 9.91. The standard InChI is InChI=1S/C28H26BrN9O3/c1-14-4-5-23(29)34-26(14)35-27(41)20-7-28(13-39)8-22(28)38(20)24(30)12-37-21-11-33-19(17-9-31-16(3)32-10-17)6-18(21)25(36-37)15(2)40/h4-6,9-11,13,20,22,30H,7-8,12H2,1-3H3,(H,34,35,41)/t20-,22+,28-/m0/s1. The average Bonchev–Trinajstić information content (AvgIpc) is 3.38. The first kappa shape index (κ1) is 26.8. The molecule has 0 aromatic carbocycles. The first-order valence-electron chi connectivity index (χ1n) is 13.0. The lowest BCUT2D eigenvalue weighted by molar-refractivity contribution is -0.120. The predicted octanol–water partition coefficient (Wildman–Crippen LogP) is 3.51. The number of Topliss-reactive ketones (excluding diaryl/α,β-unsaturated/α-hetero) is 1. The first-order valence-corrected chi connectivity index (χ1v) is 13.8. The molecule has 2 aliphatic rings. The summed E-state index contributed by atoms with van der Waals surface area (Å²) in [6.45, 7) is 5.06. The van der Waals surface area contributed by atoms with Crippen LogP contribution in [0, 0.1) is 24.7 Å². The van der Waals surface area contributed by atoms with E-state index < -0.39 is 11.5 Å². The minimum absolute atomic E-state index is 0.0121. The van der Waals surface area contributed by atoms with E-state index in [-0.39, 0.29) is 35.8 Å². The van der Waals surface area contributed by atoms with Crippen molar-refractivity contribution in [3.05, 3.63) is 58.5 Å². The number of amidine groups is 1. The lowest BCUT2D eigenvalue weighted by Crippen LogP contribution is -2.46. The molecular weight excluding hydrogens is 590 g/mol. The zero-order valence-corrected chi connectivity index (χ0v) is 24.1. The van der Waals surface area contributed by atoms with Gasteiger partial charge in [-0.1, -0.05) is 6.07 Å². The SMILES string of the molecule is CC(=O)c1nn(CC(=N)N2[C@H](C(=O)Nc3nc(Br)ccc3C)C[C@@]3(C=O)C[C@@H]23)c2cnc(-c3cnc(C)nc3)cc12. The van der Waals surface area contributed by atoms with E-state index in [1.807, 2.05) is 13.0 Å². The summed E-state index contributed by atoms with van der Waals surface area (Å²) >= 11 is 3.33. The Morgan fingerprint density at radius 3 is 2.63 bits per heavy atom. The van der Waals surface area contributed by atoms with Crippen molar-refractivity contribution in [3.63, 3.8) is 0 Å². The summed E-state index contributed by atoms with van der Waals surface area (Å²) in [5, 5.41) is 17.0. The maximum atomic E-state index is 13.5. The number of aldehydes is 1. The van der Waals surface area contributed by atoms with Crippen LogP contribution < -0.4 is 5.32 Å². The van der Waals surface area contributed by atoms with Gasteiger partial charge in [-0.3, -0.25) is 24.7 Å². The Bertz CT molecular complexity index is 1750. The summed E-state index contributed by atoms with van der Waals surface area (Å²) < 4.78 is 2.13. The normalized spacial score (nSPS) is 21.0. The van der Waals surface area contributed by atoms with E-state index >= 15 is 0 Å². The summed E-state index contributed by atoms with van der Waals surface area (Å²) in [6.07, 6.45) is 6.75. The molecule has 5 heterocycles. The van der Waals surface area contributed by atoms with E-state index in [0.29, 0.717) is 51.2 Å². The third-order valence-electron chi connectivity index (χ3n) is 7.82. The molecule has 1 aliphatic carbocycles. The molecule has 1 saturated carbocycles. The molecule has 41 heavy (non-hydrogen) atoms. The second-order valence-electron chi connectivity index (χ2n) is 10.6. The number of aryl methyl sites for hydroxylation is 2. The monoisotopic (exact) mass is 615 g/mol. The average molecular weight is 616 g/mol. The van der Waals surface area contributed by atoms with Gasteiger partial charge in [-0.25, -0.2) is 15.0 Å². The number of ketones is 1. The molecule has 4 aromatic rings. The highest BCUT2D eigenvalue weighted by Crippen LogP contribution is 2.58. The van der Waals surface area contributed by atoms with Crippen LogP contribution in [0.15, 0.2) is 41.4 Å². The number of carbonyl (C=O) groups is 3. The molecule has 6 rings (SSSR count). The highest BCUT2D eigenvalue weighted by molar-refractivity contribution is 9.10. The summed E-state index contributed by atoms with van der Waals surface area (Å²) in [6, 6.07) is 4.42. The summed E-state index contributed by atoms with van der Waals surface area (Å²) in [5.41, 5.74) is 2.26. The molecule has 1 aliphatic heterocycles. The smallest absolute Gasteiger partial charge is 0.248 e. The van der Waals surface area contributed by atoms with Crippen LogP contribution in [0.4, 0.5) is 5.82 Å². The largest absolute Gasteiger partial charge is 0.343 e. The van der Waals surface area contributed by atoms with Gasteiger partial charge in [0.25, 0.3) is 0 Å². The highest BCUT2D eigenvalue weighted by atomic mass is 79.9. The van der Waals surface area contributed by atoms with Gasteiger partial charge in [0.2, 0.25) is 5.91 Å². The Kier molecular flexibility index (Phi) is 6.48. The molecule has 208 valence electrons. The van der Waals surface area contributed by atoms with Crippen LogP contribution >= 0.6 is 15.9 Å². The molecule has 2 N–H and O–H groups in total. The van der Waals surface area contributed by atoms with Gasteiger partial charge in [0.1, 0.15) is 40.1 Å². The maximum absolute atomic E-state index is 13.5. The number of hydrogen-bond acceptors (Lipinski definition) is 9. The fourth-order valence-electron chi connectivity index (χ4n) is 5.53. The molecule has 2 fully saturated rings. The molecular formula is C28H26BrN9O3. The van der Waals surface area contributed by atoms with Gasteiger partial charge in [0.15, 0.2) is 5.78 Å². The number of hydrogen-bond donors (Lipinski definition) is 2. The fourth-order valence-corrected chi connectivity index (χ4v) is 5.84. The molecule has 0 spiro atoms. The molecule has 13 heteroatoms. The van der Waals surface area contributed by atoms with Crippen molar-refractivity contribution in [2.75, 3.05) is 5.32 Å². The Morgan fingerprint density at radius 2 is 1.93 bits per heavy atom. The molecule has 1 saturated heterocycles. The van der Waals surface area contributed by atoms with E-state index in [1.54, 1.807) is 47.2 Å². The van der Waals surface area contributed by atoms with Crippen LogP contribution in [0.3, 0.4) is 0 Å². The van der Waals surface area contributed by atoms with Gasteiger partial charge in [-0.05, 0) is 60.3 Å². The van der Waals surface area contributed by atoms with Crippen LogP contribution in [-0.2, 0) is 16.1 Å². The van der Waals surface area contributed by atoms with Crippen molar-refractivity contribution in [1.29, 1.82) is 5.41 Å². The van der Waals surface area contributed by atoms with Crippen molar-refractivity contribution < 1.29 is 14.4 Å². The van der Waals surface area contributed by atoms with Crippen LogP contribution in [0.2, 0.25) is 0 Å². The zero-order chi connectivity index (χ0) is 29.1. The summed E-state index contributed by atoms with van der Waals surface area (Å²) in [7, 11) is 0. The van der Waals surface area contributed by atoms with Gasteiger partial charge in [-0.2, -0.15) is 5.10 Å². The van der Waals surface area contributed by atoms with Crippen LogP contribution in [0.25, 0.3) is 22.2 Å². The molecule has 0 bridgehead atoms. The number of pyridine rings is 2. The number of amides is 1. The number of anilines is 1. The van der Waals surface area contributed by atoms with Crippen LogP contribution in [-0.4, -0.2) is 70.5 Å². The van der Waals surface area contributed by atoms with Gasteiger partial charge in [-0.15, -0.1) is 0 Å². The van der Waals surface area contributed by atoms with Gasteiger partial charge in [0.05, 0.1) is 29.4 Å². The lowest BCUT2D eigenvalue weighted by atomic mass is 10.0. The summed E-state index contributed by atoms with van der Waals surface area (Å²) in [4.78, 5) is 57.1. The van der Waals surface area contributed by atoms with E-state index in [1.165, 1.54) is 6.92 Å². The molecule has 12 nitrogen and oxygen atoms in total. The zero-order valence-electron chi connectivity index (χ0n) is 22.6. The minimum atomic E-state index is -0.730. The molecule has 0 unspecified atom stereocenters. The summed E-state index contributed by atoms with van der Waals surface area (Å²) in [5.74, 6) is 0.609. The molecule has 1 amide bonds. The van der Waals surface area contributed by atoms with Crippen LogP contribution in [0.1, 0.15) is 41.6 Å². The highest BCUT2D eigenvalue weighted by Gasteiger charge is 2.67. The third-order valence-corrected chi connectivity index (χ3v) is 8.26. The maximum Gasteiger partial charge on any atom is 0.248 e. The molecule has 4 aromatic heterocycles. The Balaban J connectivity index is 1.30. The van der Waals surface area contributed by atoms with Crippen molar-refractivity contribution in [1.82, 2.24) is 34.6 Å². The van der Waals surface area contributed by atoms with Crippen molar-refractivity contribution in [2.24, 2.45) is 5.41 Å². The topological polar surface area (TPSA) is 160 Å². The van der Waals surface area contributed by atoms with Crippen molar-refractivity contribution in [2.45, 2.75) is 52.2 Å². The Hall–Kier alpha value is -4.39. The van der Waals surface area contributed by atoms with E-state index in [2.05, 4.69) is 46.3 Å². The molecule has 3 atom stereocenters. The number of carbonyl (C=O) groups excluding carboxylic acids is 3. The van der Waals surface area contributed by atoms with Crippen LogP contribution in [0.5, 0.6) is 0 Å². The number of aromatic nitrogens is 6. The third kappa shape index (κ3) is 4.69. The Morgan fingerprint density at radius 1 is 1.17 bits per heavy atom. The minimum Gasteiger partial charge on any atom is -0.343 e. The lowest BCUT2D eigenvalue weighted by Gasteiger charge is -2.29. The van der Waals surface area contributed by atoms with Crippen molar-refractivity contribution in [3.8, 4) is 11.3 Å². The number of fused-ring (bicyclic) bond motifs is 2. The van der Waals surface area contributed by atoms with E-state index in [9.17, 15) is 14.4 Å². The number of nitrogens with zero attached hydrogens (tertiary/aromatic N) is 7. The number of rotatable bonds is 7. The first-order chi connectivity index (χ1) is 19.6. The second-order valence-corrected chi connectivity index (χ2v) is 11.4. The predicted molar refractivity (Wildman–Crippen MR) is 153 cm³/mol. The number of likely N-dealkylation sites (tertiary alicyclic amines) is 1. The fraction of sp³-hybridized carbons (Fsp3) is 0.321. The van der Waals surface area contributed by atoms with Crippen molar-refractivity contribution >= 4 is 56.5 Å². The van der Waals surface area contributed by atoms with E-state index in [4.69, 9.17) is 5.41 Å². The number of nitrogens with one attached hydrogen (secondary N) is 2. The number of halogens is 1. The van der Waals surface area contributed by atoms with Gasteiger partial charge >= 0.3 is 0 Å². The quantitative estimate of drug-likeness (QED) is 0.104. The van der Waals surface area contributed by atoms with E-state index in [0.717, 1.165) is 11.8 Å². The van der Waals surface area contributed by atoms with Gasteiger partial charge < -0.3 is 15.0 Å².